The minimum atomic E-state index is -3.56. The number of hydrogen-bond donors (Lipinski definition) is 1. The smallest absolute Gasteiger partial charge is 0.243 e. The fraction of sp³-hybridized carbons (Fsp3) is 0.409. The van der Waals surface area contributed by atoms with E-state index < -0.39 is 21.9 Å². The number of aryl methyl sites for hydroxylation is 2. The van der Waals surface area contributed by atoms with Crippen molar-refractivity contribution < 1.29 is 17.6 Å². The van der Waals surface area contributed by atoms with Crippen molar-refractivity contribution in [2.24, 2.45) is 0 Å². The zero-order chi connectivity index (χ0) is 22.2. The number of carbonyl (C=O) groups excluding carboxylic acids is 1. The van der Waals surface area contributed by atoms with Crippen LogP contribution in [0.1, 0.15) is 24.5 Å². The number of hydrogen-bond acceptors (Lipinski definition) is 4. The highest BCUT2D eigenvalue weighted by atomic mass is 35.5. The number of fused-ring (bicyclic) bond motifs is 1. The number of nitrogens with zero attached hydrogens (tertiary/aromatic N) is 2. The van der Waals surface area contributed by atoms with E-state index in [1.807, 2.05) is 17.0 Å². The maximum Gasteiger partial charge on any atom is 0.243 e. The lowest BCUT2D eigenvalue weighted by Gasteiger charge is -2.36. The molecule has 31 heavy (non-hydrogen) atoms. The van der Waals surface area contributed by atoms with Gasteiger partial charge in [0.15, 0.2) is 0 Å². The van der Waals surface area contributed by atoms with Gasteiger partial charge in [0.05, 0.1) is 21.6 Å². The van der Waals surface area contributed by atoms with Crippen molar-refractivity contribution >= 4 is 33.2 Å². The van der Waals surface area contributed by atoms with Crippen LogP contribution >= 0.6 is 11.6 Å². The van der Waals surface area contributed by atoms with Gasteiger partial charge < -0.3 is 5.32 Å². The fourth-order valence-electron chi connectivity index (χ4n) is 4.18. The van der Waals surface area contributed by atoms with Gasteiger partial charge in [0.25, 0.3) is 0 Å². The van der Waals surface area contributed by atoms with Crippen LogP contribution in [0.25, 0.3) is 0 Å². The maximum absolute atomic E-state index is 13.2. The lowest BCUT2D eigenvalue weighted by molar-refractivity contribution is -0.121. The first-order chi connectivity index (χ1) is 14.8. The second kappa shape index (κ2) is 8.86. The monoisotopic (exact) mass is 465 g/mol. The summed E-state index contributed by atoms with van der Waals surface area (Å²) in [6, 6.07) is 8.76. The molecule has 1 saturated heterocycles. The van der Waals surface area contributed by atoms with Crippen LogP contribution in [0.4, 0.5) is 10.1 Å². The molecular weight excluding hydrogens is 441 g/mol. The summed E-state index contributed by atoms with van der Waals surface area (Å²) in [6.07, 6.45) is 3.01. The number of nitrogens with one attached hydrogen (secondary N) is 1. The van der Waals surface area contributed by atoms with Crippen molar-refractivity contribution in [3.05, 3.63) is 58.4 Å². The molecule has 0 bridgehead atoms. The second-order valence-electron chi connectivity index (χ2n) is 8.01. The van der Waals surface area contributed by atoms with Crippen LogP contribution in [0, 0.1) is 5.82 Å². The molecule has 2 aromatic rings. The molecule has 9 heteroatoms. The number of benzene rings is 2. The SMILES string of the molecule is CC(C(=O)Nc1ccc(F)cc1Cl)N1CCN(S(=O)(=O)c2ccc3c(c2)CCC3)CC1. The van der Waals surface area contributed by atoms with Crippen molar-refractivity contribution in [1.82, 2.24) is 9.21 Å². The van der Waals surface area contributed by atoms with E-state index in [1.165, 1.54) is 22.0 Å². The van der Waals surface area contributed by atoms with Crippen LogP contribution in [0.5, 0.6) is 0 Å². The molecule has 0 saturated carbocycles. The molecule has 0 spiro atoms. The summed E-state index contributed by atoms with van der Waals surface area (Å²) in [6.45, 7) is 3.27. The van der Waals surface area contributed by atoms with Gasteiger partial charge in [0.2, 0.25) is 15.9 Å². The second-order valence-corrected chi connectivity index (χ2v) is 10.4. The lowest BCUT2D eigenvalue weighted by Crippen LogP contribution is -2.53. The molecule has 0 radical (unpaired) electrons. The van der Waals surface area contributed by atoms with Gasteiger partial charge in [-0.3, -0.25) is 9.69 Å². The predicted molar refractivity (Wildman–Crippen MR) is 118 cm³/mol. The molecule has 1 amide bonds. The molecule has 1 heterocycles. The molecule has 4 rings (SSSR count). The van der Waals surface area contributed by atoms with Crippen molar-refractivity contribution in [2.75, 3.05) is 31.5 Å². The molecule has 1 unspecified atom stereocenters. The van der Waals surface area contributed by atoms with Gasteiger partial charge in [0, 0.05) is 26.2 Å². The molecule has 1 N–H and O–H groups in total. The van der Waals surface area contributed by atoms with Gasteiger partial charge in [-0.1, -0.05) is 17.7 Å². The third-order valence-corrected chi connectivity index (χ3v) is 8.30. The van der Waals surface area contributed by atoms with Crippen LogP contribution in [0.15, 0.2) is 41.3 Å². The van der Waals surface area contributed by atoms with E-state index in [1.54, 1.807) is 13.0 Å². The number of rotatable bonds is 5. The van der Waals surface area contributed by atoms with E-state index in [4.69, 9.17) is 11.6 Å². The van der Waals surface area contributed by atoms with Crippen LogP contribution in [0.2, 0.25) is 5.02 Å². The number of carbonyl (C=O) groups is 1. The Hall–Kier alpha value is -2.00. The summed E-state index contributed by atoms with van der Waals surface area (Å²) in [5.74, 6) is -0.750. The zero-order valence-electron chi connectivity index (χ0n) is 17.3. The topological polar surface area (TPSA) is 69.7 Å². The van der Waals surface area contributed by atoms with Crippen molar-refractivity contribution in [3.8, 4) is 0 Å². The van der Waals surface area contributed by atoms with Crippen LogP contribution in [0.3, 0.4) is 0 Å². The molecule has 0 aromatic heterocycles. The summed E-state index contributed by atoms with van der Waals surface area (Å²) in [4.78, 5) is 14.9. The first-order valence-corrected chi connectivity index (χ1v) is 12.2. The van der Waals surface area contributed by atoms with Gasteiger partial charge in [-0.25, -0.2) is 12.8 Å². The third-order valence-electron chi connectivity index (χ3n) is 6.10. The van der Waals surface area contributed by atoms with E-state index in [0.717, 1.165) is 30.9 Å². The average Bonchev–Trinajstić information content (AvgIpc) is 3.23. The summed E-state index contributed by atoms with van der Waals surface area (Å²) >= 11 is 5.99. The minimum absolute atomic E-state index is 0.130. The molecule has 1 aliphatic carbocycles. The molecular formula is C22H25ClFN3O3S. The zero-order valence-corrected chi connectivity index (χ0v) is 18.8. The molecule has 2 aromatic carbocycles. The van der Waals surface area contributed by atoms with E-state index in [-0.39, 0.29) is 10.9 Å². The minimum Gasteiger partial charge on any atom is -0.323 e. The number of sulfonamides is 1. The van der Waals surface area contributed by atoms with Gasteiger partial charge in [-0.2, -0.15) is 4.31 Å². The molecule has 166 valence electrons. The Bertz CT molecular complexity index is 1100. The molecule has 1 fully saturated rings. The largest absolute Gasteiger partial charge is 0.323 e. The van der Waals surface area contributed by atoms with Crippen LogP contribution in [-0.2, 0) is 27.7 Å². The molecule has 6 nitrogen and oxygen atoms in total. The highest BCUT2D eigenvalue weighted by molar-refractivity contribution is 7.89. The summed E-state index contributed by atoms with van der Waals surface area (Å²) in [5, 5.41) is 2.84. The Kier molecular flexibility index (Phi) is 6.35. The molecule has 1 aliphatic heterocycles. The Labute approximate surface area is 187 Å². The van der Waals surface area contributed by atoms with Crippen LogP contribution < -0.4 is 5.32 Å². The highest BCUT2D eigenvalue weighted by Crippen LogP contribution is 2.27. The average molecular weight is 466 g/mol. The van der Waals surface area contributed by atoms with Gasteiger partial charge in [-0.05, 0) is 67.6 Å². The van der Waals surface area contributed by atoms with Crippen molar-refractivity contribution in [3.63, 3.8) is 0 Å². The predicted octanol–water partition coefficient (Wildman–Crippen LogP) is 3.30. The van der Waals surface area contributed by atoms with E-state index in [9.17, 15) is 17.6 Å². The molecule has 1 atom stereocenters. The Morgan fingerprint density at radius 1 is 1.06 bits per heavy atom. The van der Waals surface area contributed by atoms with Crippen molar-refractivity contribution in [2.45, 2.75) is 37.1 Å². The van der Waals surface area contributed by atoms with E-state index in [2.05, 4.69) is 5.32 Å². The van der Waals surface area contributed by atoms with Gasteiger partial charge in [0.1, 0.15) is 5.82 Å². The lowest BCUT2D eigenvalue weighted by atomic mass is 10.1. The summed E-state index contributed by atoms with van der Waals surface area (Å²) in [7, 11) is -3.56. The Balaban J connectivity index is 1.38. The van der Waals surface area contributed by atoms with E-state index >= 15 is 0 Å². The third kappa shape index (κ3) is 4.62. The van der Waals surface area contributed by atoms with E-state index in [0.29, 0.717) is 36.8 Å². The number of anilines is 1. The number of halogens is 2. The summed E-state index contributed by atoms with van der Waals surface area (Å²) in [5.41, 5.74) is 2.71. The normalized spacial score (nSPS) is 18.5. The van der Waals surface area contributed by atoms with Gasteiger partial charge in [-0.15, -0.1) is 0 Å². The van der Waals surface area contributed by atoms with Crippen LogP contribution in [-0.4, -0.2) is 55.8 Å². The maximum atomic E-state index is 13.2. The van der Waals surface area contributed by atoms with Crippen molar-refractivity contribution in [1.29, 1.82) is 0 Å². The number of amides is 1. The highest BCUT2D eigenvalue weighted by Gasteiger charge is 2.32. The first kappa shape index (κ1) is 22.2. The Morgan fingerprint density at radius 2 is 1.77 bits per heavy atom. The quantitative estimate of drug-likeness (QED) is 0.735. The fourth-order valence-corrected chi connectivity index (χ4v) is 5.87. The first-order valence-electron chi connectivity index (χ1n) is 10.4. The standard InChI is InChI=1S/C22H25ClFN3O3S/c1-15(22(28)25-21-8-6-18(24)14-20(21)23)26-9-11-27(12-10-26)31(29,30)19-7-5-16-3-2-4-17(16)13-19/h5-8,13-15H,2-4,9-12H2,1H3,(H,25,28). The molecule has 2 aliphatic rings. The number of piperazine rings is 1. The Morgan fingerprint density at radius 3 is 2.48 bits per heavy atom. The van der Waals surface area contributed by atoms with Gasteiger partial charge >= 0.3 is 0 Å². The summed E-state index contributed by atoms with van der Waals surface area (Å²) < 4.78 is 40.9.